The van der Waals surface area contributed by atoms with E-state index in [0.717, 1.165) is 11.5 Å². The average Bonchev–Trinajstić information content (AvgIpc) is 2.33. The first kappa shape index (κ1) is 24.5. The number of carbonyl (C=O) groups excluding carboxylic acids is 2. The fraction of sp³-hybridized carbons (Fsp3) is 0.800. The van der Waals surface area contributed by atoms with Gasteiger partial charge in [0.05, 0.1) is 11.9 Å². The van der Waals surface area contributed by atoms with Crippen LogP contribution in [0.4, 0.5) is 0 Å². The molecule has 19 heavy (non-hydrogen) atoms. The molecule has 0 rings (SSSR count). The summed E-state index contributed by atoms with van der Waals surface area (Å²) in [5.74, 6) is -0.780. The summed E-state index contributed by atoms with van der Waals surface area (Å²) in [6.07, 6.45) is 4.79. The van der Waals surface area contributed by atoms with Crippen LogP contribution in [0.15, 0.2) is 0 Å². The fourth-order valence-electron chi connectivity index (χ4n) is 0.725. The van der Waals surface area contributed by atoms with Crippen molar-refractivity contribution in [3.63, 3.8) is 0 Å². The van der Waals surface area contributed by atoms with Crippen LogP contribution in [0, 0.1) is 0 Å². The quantitative estimate of drug-likeness (QED) is 0.341. The number of nitrogens with two attached hydrogens (primary N) is 2. The summed E-state index contributed by atoms with van der Waals surface area (Å²) in [6.45, 7) is 0. The largest absolute Gasteiger partial charge is 2.00 e. The number of hydrogen-bond acceptors (Lipinski definition) is 8. The summed E-state index contributed by atoms with van der Waals surface area (Å²) in [6, 6.07) is -1.59. The van der Waals surface area contributed by atoms with Crippen LogP contribution >= 0.6 is 23.5 Å². The van der Waals surface area contributed by atoms with Crippen molar-refractivity contribution >= 4 is 62.8 Å². The van der Waals surface area contributed by atoms with Gasteiger partial charge >= 0.3 is 27.3 Å². The van der Waals surface area contributed by atoms with Crippen molar-refractivity contribution in [3.05, 3.63) is 0 Å². The molecule has 0 fully saturated rings. The molecule has 0 saturated heterocycles. The van der Waals surface area contributed by atoms with E-state index in [0.29, 0.717) is 12.8 Å². The standard InChI is InChI=1S/2C5H11NO2S.Pb/c2*1-9-3-2-4(6)5(7)8;/h2*4H,2-3,6H2,1H3,(H,7,8);/q;;+2/p-2/t2*4-;/m00./s1. The summed E-state index contributed by atoms with van der Waals surface area (Å²) < 4.78 is 0. The molecule has 2 atom stereocenters. The van der Waals surface area contributed by atoms with Gasteiger partial charge in [-0.1, -0.05) is 0 Å². The molecule has 9 heteroatoms. The topological polar surface area (TPSA) is 132 Å². The van der Waals surface area contributed by atoms with Crippen molar-refractivity contribution in [2.75, 3.05) is 24.0 Å². The van der Waals surface area contributed by atoms with Gasteiger partial charge in [-0.2, -0.15) is 23.5 Å². The number of carboxylic acids is 2. The van der Waals surface area contributed by atoms with Crippen molar-refractivity contribution in [2.45, 2.75) is 24.9 Å². The number of aliphatic carboxylic acids is 2. The summed E-state index contributed by atoms with van der Waals surface area (Å²) in [7, 11) is 0. The Kier molecular flexibility index (Phi) is 21.3. The minimum absolute atomic E-state index is 0. The molecule has 0 aromatic carbocycles. The van der Waals surface area contributed by atoms with Gasteiger partial charge in [-0.3, -0.25) is 0 Å². The molecule has 0 heterocycles. The number of carboxylic acid groups (broad SMARTS) is 2. The van der Waals surface area contributed by atoms with Gasteiger partial charge in [-0.25, -0.2) is 0 Å². The maximum Gasteiger partial charge on any atom is 2.00 e. The first-order chi connectivity index (χ1) is 8.36. The van der Waals surface area contributed by atoms with Gasteiger partial charge in [0.15, 0.2) is 0 Å². The van der Waals surface area contributed by atoms with Crippen LogP contribution in [0.3, 0.4) is 0 Å². The molecule has 0 aliphatic heterocycles. The second-order valence-corrected chi connectivity index (χ2v) is 5.39. The molecular weight excluding hydrogens is 483 g/mol. The van der Waals surface area contributed by atoms with Crippen LogP contribution in [-0.4, -0.2) is 75.3 Å². The van der Waals surface area contributed by atoms with Crippen LogP contribution in [0.2, 0.25) is 0 Å². The van der Waals surface area contributed by atoms with Gasteiger partial charge < -0.3 is 31.3 Å². The first-order valence-corrected chi connectivity index (χ1v) is 8.06. The fourth-order valence-corrected chi connectivity index (χ4v) is 1.70. The third-order valence-corrected chi connectivity index (χ3v) is 3.16. The van der Waals surface area contributed by atoms with E-state index >= 15 is 0 Å². The van der Waals surface area contributed by atoms with Crippen LogP contribution < -0.4 is 21.7 Å². The number of hydrogen-bond donors (Lipinski definition) is 2. The van der Waals surface area contributed by atoms with E-state index in [9.17, 15) is 19.8 Å². The Morgan fingerprint density at radius 1 is 0.947 bits per heavy atom. The predicted molar refractivity (Wildman–Crippen MR) is 77.7 cm³/mol. The zero-order valence-corrected chi connectivity index (χ0v) is 16.6. The second kappa shape index (κ2) is 16.5. The average molecular weight is 504 g/mol. The van der Waals surface area contributed by atoms with E-state index in [1.165, 1.54) is 0 Å². The molecule has 0 saturated carbocycles. The van der Waals surface area contributed by atoms with E-state index in [-0.39, 0.29) is 27.3 Å². The molecular formula is C10H20N2O4PbS2. The van der Waals surface area contributed by atoms with E-state index in [2.05, 4.69) is 0 Å². The van der Waals surface area contributed by atoms with Gasteiger partial charge in [0, 0.05) is 12.1 Å². The number of rotatable bonds is 8. The molecule has 0 aliphatic rings. The maximum absolute atomic E-state index is 9.96. The van der Waals surface area contributed by atoms with E-state index in [1.54, 1.807) is 23.5 Å². The van der Waals surface area contributed by atoms with Gasteiger partial charge in [-0.15, -0.1) is 0 Å². The Balaban J connectivity index is -0.000000256. The zero-order valence-electron chi connectivity index (χ0n) is 11.1. The number of carbonyl (C=O) groups is 2. The second-order valence-electron chi connectivity index (χ2n) is 3.41. The Labute approximate surface area is 142 Å². The summed E-state index contributed by atoms with van der Waals surface area (Å²) >= 11 is 3.15. The Bertz CT molecular complexity index is 224. The summed E-state index contributed by atoms with van der Waals surface area (Å²) in [4.78, 5) is 19.9. The number of thioether (sulfide) groups is 2. The molecule has 2 radical (unpaired) electrons. The smallest absolute Gasteiger partial charge is 0.548 e. The van der Waals surface area contributed by atoms with Crippen molar-refractivity contribution in [1.82, 2.24) is 0 Å². The van der Waals surface area contributed by atoms with Crippen molar-refractivity contribution in [2.24, 2.45) is 11.5 Å². The monoisotopic (exact) mass is 504 g/mol. The molecule has 0 bridgehead atoms. The Hall–Kier alpha value is 0.482. The van der Waals surface area contributed by atoms with E-state index < -0.39 is 24.0 Å². The molecule has 0 amide bonds. The van der Waals surface area contributed by atoms with E-state index in [4.69, 9.17) is 11.5 Å². The van der Waals surface area contributed by atoms with E-state index in [1.807, 2.05) is 12.5 Å². The Morgan fingerprint density at radius 3 is 1.37 bits per heavy atom. The maximum atomic E-state index is 9.96. The van der Waals surface area contributed by atoms with Gasteiger partial charge in [0.2, 0.25) is 0 Å². The van der Waals surface area contributed by atoms with Crippen molar-refractivity contribution in [3.8, 4) is 0 Å². The molecule has 0 aromatic heterocycles. The first-order valence-electron chi connectivity index (χ1n) is 5.27. The summed E-state index contributed by atoms with van der Waals surface area (Å²) in [5, 5.41) is 19.9. The van der Waals surface area contributed by atoms with Gasteiger partial charge in [0.1, 0.15) is 0 Å². The van der Waals surface area contributed by atoms with Crippen molar-refractivity contribution in [1.29, 1.82) is 0 Å². The third-order valence-electron chi connectivity index (χ3n) is 1.87. The molecule has 110 valence electrons. The normalized spacial score (nSPS) is 12.4. The van der Waals surface area contributed by atoms with Gasteiger partial charge in [0.25, 0.3) is 0 Å². The van der Waals surface area contributed by atoms with Gasteiger partial charge in [-0.05, 0) is 36.9 Å². The molecule has 4 N–H and O–H groups in total. The van der Waals surface area contributed by atoms with Crippen molar-refractivity contribution < 1.29 is 19.8 Å². The molecule has 0 unspecified atom stereocenters. The summed E-state index contributed by atoms with van der Waals surface area (Å²) in [5.41, 5.74) is 10.3. The SMILES string of the molecule is CSCC[C@H](N)C(=O)[O-].CSCC[C@H](N)C(=O)[O-].[Pb+2]. The Morgan fingerprint density at radius 2 is 1.21 bits per heavy atom. The molecule has 0 aliphatic carbocycles. The van der Waals surface area contributed by atoms with Crippen LogP contribution in [0.5, 0.6) is 0 Å². The van der Waals surface area contributed by atoms with Crippen LogP contribution in [0.1, 0.15) is 12.8 Å². The minimum atomic E-state index is -1.16. The minimum Gasteiger partial charge on any atom is -0.548 e. The molecule has 0 aromatic rings. The van der Waals surface area contributed by atoms with Crippen LogP contribution in [0.25, 0.3) is 0 Å². The zero-order chi connectivity index (χ0) is 14.6. The molecule has 0 spiro atoms. The molecule has 6 nitrogen and oxygen atoms in total. The van der Waals surface area contributed by atoms with Crippen LogP contribution in [-0.2, 0) is 9.59 Å². The third kappa shape index (κ3) is 18.5. The predicted octanol–water partition coefficient (Wildman–Crippen LogP) is -2.75.